The van der Waals surface area contributed by atoms with Crippen molar-refractivity contribution in [3.8, 4) is 0 Å². The Morgan fingerprint density at radius 2 is 2.12 bits per heavy atom. The van der Waals surface area contributed by atoms with Gasteiger partial charge in [-0.2, -0.15) is 0 Å². The van der Waals surface area contributed by atoms with Crippen LogP contribution in [-0.4, -0.2) is 29.1 Å². The van der Waals surface area contributed by atoms with E-state index in [0.29, 0.717) is 19.4 Å². The van der Waals surface area contributed by atoms with E-state index in [1.54, 1.807) is 6.92 Å². The summed E-state index contributed by atoms with van der Waals surface area (Å²) < 4.78 is 0. The molecule has 5 heteroatoms. The van der Waals surface area contributed by atoms with Gasteiger partial charge in [-0.15, -0.1) is 0 Å². The molecule has 0 aromatic carbocycles. The molecule has 0 aromatic rings. The van der Waals surface area contributed by atoms with E-state index in [4.69, 9.17) is 5.73 Å². The van der Waals surface area contributed by atoms with E-state index in [9.17, 15) is 14.7 Å². The molecular formula is C12H22N2O3. The van der Waals surface area contributed by atoms with E-state index in [1.165, 1.54) is 0 Å². The van der Waals surface area contributed by atoms with E-state index in [0.717, 1.165) is 12.8 Å². The number of rotatable bonds is 7. The molecule has 1 aliphatic carbocycles. The number of nitrogens with one attached hydrogen (secondary N) is 1. The van der Waals surface area contributed by atoms with Gasteiger partial charge < -0.3 is 16.2 Å². The normalized spacial score (nSPS) is 20.4. The number of carbonyl (C=O) groups is 2. The fourth-order valence-corrected chi connectivity index (χ4v) is 1.84. The third kappa shape index (κ3) is 3.70. The van der Waals surface area contributed by atoms with Crippen molar-refractivity contribution in [2.24, 2.45) is 17.6 Å². The van der Waals surface area contributed by atoms with Gasteiger partial charge in [-0.25, -0.2) is 4.79 Å². The minimum absolute atomic E-state index is 0.0795. The van der Waals surface area contributed by atoms with Crippen LogP contribution in [0.3, 0.4) is 0 Å². The maximum atomic E-state index is 11.7. The number of carbonyl (C=O) groups excluding carboxylic acids is 1. The summed E-state index contributed by atoms with van der Waals surface area (Å²) in [6.07, 6.45) is 2.79. The van der Waals surface area contributed by atoms with Crippen LogP contribution in [0.1, 0.15) is 39.5 Å². The minimum Gasteiger partial charge on any atom is -0.480 e. The molecule has 1 saturated carbocycles. The SMILES string of the molecule is CC(CN)CCC(=O)NC(C)(C(=O)O)C1CC1. The van der Waals surface area contributed by atoms with Crippen molar-refractivity contribution in [3.05, 3.63) is 0 Å². The van der Waals surface area contributed by atoms with E-state index < -0.39 is 11.5 Å². The number of hydrogen-bond acceptors (Lipinski definition) is 3. The van der Waals surface area contributed by atoms with Gasteiger partial charge in [-0.05, 0) is 44.6 Å². The zero-order chi connectivity index (χ0) is 13.1. The van der Waals surface area contributed by atoms with Crippen LogP contribution >= 0.6 is 0 Å². The van der Waals surface area contributed by atoms with Gasteiger partial charge in [0.25, 0.3) is 0 Å². The minimum atomic E-state index is -1.09. The van der Waals surface area contributed by atoms with Crippen molar-refractivity contribution in [2.75, 3.05) is 6.54 Å². The van der Waals surface area contributed by atoms with Crippen LogP contribution in [-0.2, 0) is 9.59 Å². The molecule has 0 bridgehead atoms. The van der Waals surface area contributed by atoms with Crippen molar-refractivity contribution in [1.29, 1.82) is 0 Å². The molecule has 2 atom stereocenters. The molecule has 0 aliphatic heterocycles. The van der Waals surface area contributed by atoms with E-state index >= 15 is 0 Å². The van der Waals surface area contributed by atoms with E-state index in [1.807, 2.05) is 6.92 Å². The van der Waals surface area contributed by atoms with Crippen molar-refractivity contribution in [1.82, 2.24) is 5.32 Å². The lowest BCUT2D eigenvalue weighted by Gasteiger charge is -2.26. The molecule has 2 unspecified atom stereocenters. The summed E-state index contributed by atoms with van der Waals surface area (Å²) in [5, 5.41) is 11.8. The highest BCUT2D eigenvalue weighted by Crippen LogP contribution is 2.39. The van der Waals surface area contributed by atoms with Crippen LogP contribution in [0.25, 0.3) is 0 Å². The lowest BCUT2D eigenvalue weighted by atomic mass is 9.95. The first kappa shape index (κ1) is 14.0. The molecule has 1 amide bonds. The summed E-state index contributed by atoms with van der Waals surface area (Å²) in [5.41, 5.74) is 4.37. The summed E-state index contributed by atoms with van der Waals surface area (Å²) in [7, 11) is 0. The van der Waals surface area contributed by atoms with Crippen molar-refractivity contribution in [3.63, 3.8) is 0 Å². The van der Waals surface area contributed by atoms with Crippen molar-refractivity contribution in [2.45, 2.75) is 45.1 Å². The Balaban J connectivity index is 2.45. The number of amides is 1. The van der Waals surface area contributed by atoms with Gasteiger partial charge in [0.15, 0.2) is 0 Å². The highest BCUT2D eigenvalue weighted by atomic mass is 16.4. The molecule has 4 N–H and O–H groups in total. The molecule has 1 aliphatic rings. The zero-order valence-electron chi connectivity index (χ0n) is 10.5. The topological polar surface area (TPSA) is 92.4 Å². The molecule has 0 heterocycles. The lowest BCUT2D eigenvalue weighted by molar-refractivity contribution is -0.148. The average molecular weight is 242 g/mol. The highest BCUT2D eigenvalue weighted by Gasteiger charge is 2.48. The molecule has 0 radical (unpaired) electrons. The number of aliphatic carboxylic acids is 1. The van der Waals surface area contributed by atoms with Gasteiger partial charge in [0, 0.05) is 6.42 Å². The van der Waals surface area contributed by atoms with Crippen LogP contribution < -0.4 is 11.1 Å². The molecule has 98 valence electrons. The third-order valence-corrected chi connectivity index (χ3v) is 3.50. The Morgan fingerprint density at radius 3 is 2.53 bits per heavy atom. The smallest absolute Gasteiger partial charge is 0.329 e. The maximum absolute atomic E-state index is 11.7. The molecule has 5 nitrogen and oxygen atoms in total. The molecule has 0 aromatic heterocycles. The van der Waals surface area contributed by atoms with Crippen LogP contribution in [0, 0.1) is 11.8 Å². The Morgan fingerprint density at radius 1 is 1.53 bits per heavy atom. The summed E-state index contributed by atoms with van der Waals surface area (Å²) >= 11 is 0. The summed E-state index contributed by atoms with van der Waals surface area (Å²) in [5.74, 6) is -0.768. The van der Waals surface area contributed by atoms with Gasteiger partial charge >= 0.3 is 5.97 Å². The van der Waals surface area contributed by atoms with Crippen LogP contribution in [0.4, 0.5) is 0 Å². The number of carboxylic acids is 1. The molecule has 1 rings (SSSR count). The van der Waals surface area contributed by atoms with Crippen LogP contribution in [0.2, 0.25) is 0 Å². The van der Waals surface area contributed by atoms with Gasteiger partial charge in [-0.3, -0.25) is 4.79 Å². The molecule has 0 saturated heterocycles. The average Bonchev–Trinajstić information content (AvgIpc) is 3.09. The first-order valence-corrected chi connectivity index (χ1v) is 6.14. The second-order valence-electron chi connectivity index (χ2n) is 5.21. The van der Waals surface area contributed by atoms with E-state index in [2.05, 4.69) is 5.32 Å². The van der Waals surface area contributed by atoms with Gasteiger partial charge in [0.05, 0.1) is 0 Å². The second kappa shape index (κ2) is 5.49. The number of hydrogen-bond donors (Lipinski definition) is 3. The Labute approximate surface area is 102 Å². The van der Waals surface area contributed by atoms with E-state index in [-0.39, 0.29) is 17.7 Å². The molecule has 17 heavy (non-hydrogen) atoms. The van der Waals surface area contributed by atoms with Gasteiger partial charge in [-0.1, -0.05) is 6.92 Å². The summed E-state index contributed by atoms with van der Waals surface area (Å²) in [6, 6.07) is 0. The first-order chi connectivity index (χ1) is 7.90. The fraction of sp³-hybridized carbons (Fsp3) is 0.833. The zero-order valence-corrected chi connectivity index (χ0v) is 10.5. The van der Waals surface area contributed by atoms with Gasteiger partial charge in [0.1, 0.15) is 5.54 Å². The quantitative estimate of drug-likeness (QED) is 0.613. The standard InChI is InChI=1S/C12H22N2O3/c1-8(7-13)3-6-10(15)14-12(2,11(16)17)9-4-5-9/h8-9H,3-7,13H2,1-2H3,(H,14,15)(H,16,17). The highest BCUT2D eigenvalue weighted by molar-refractivity contribution is 5.87. The monoisotopic (exact) mass is 242 g/mol. The van der Waals surface area contributed by atoms with Gasteiger partial charge in [0.2, 0.25) is 5.91 Å². The lowest BCUT2D eigenvalue weighted by Crippen LogP contribution is -2.54. The Kier molecular flexibility index (Phi) is 4.51. The second-order valence-corrected chi connectivity index (χ2v) is 5.21. The first-order valence-electron chi connectivity index (χ1n) is 6.14. The van der Waals surface area contributed by atoms with Crippen LogP contribution in [0.5, 0.6) is 0 Å². The number of carboxylic acid groups (broad SMARTS) is 1. The summed E-state index contributed by atoms with van der Waals surface area (Å²) in [4.78, 5) is 22.9. The van der Waals surface area contributed by atoms with Crippen molar-refractivity contribution >= 4 is 11.9 Å². The predicted octanol–water partition coefficient (Wildman–Crippen LogP) is 0.731. The fourth-order valence-electron chi connectivity index (χ4n) is 1.84. The van der Waals surface area contributed by atoms with Crippen LogP contribution in [0.15, 0.2) is 0 Å². The van der Waals surface area contributed by atoms with Crippen molar-refractivity contribution < 1.29 is 14.7 Å². The predicted molar refractivity (Wildman–Crippen MR) is 64.4 cm³/mol. The molecule has 1 fully saturated rings. The Hall–Kier alpha value is -1.10. The Bertz CT molecular complexity index is 302. The summed E-state index contributed by atoms with van der Waals surface area (Å²) in [6.45, 7) is 4.12. The third-order valence-electron chi connectivity index (χ3n) is 3.50. The maximum Gasteiger partial charge on any atom is 0.329 e. The largest absolute Gasteiger partial charge is 0.480 e. The molecular weight excluding hydrogens is 220 g/mol. The number of nitrogens with two attached hydrogens (primary N) is 1. The molecule has 0 spiro atoms.